The molecule has 1 aromatic heterocycles. The molecule has 3 nitrogen and oxygen atoms in total. The van der Waals surface area contributed by atoms with Gasteiger partial charge in [-0.25, -0.2) is 0 Å². The molecule has 0 amide bonds. The number of benzene rings is 1. The molecule has 2 aromatic rings. The summed E-state index contributed by atoms with van der Waals surface area (Å²) in [4.78, 5) is 1.36. The largest absolute Gasteiger partial charge is 0.491 e. The van der Waals surface area contributed by atoms with Crippen molar-refractivity contribution in [2.75, 3.05) is 19.7 Å². The quantitative estimate of drug-likeness (QED) is 0.735. The third-order valence-electron chi connectivity index (χ3n) is 3.03. The smallest absolute Gasteiger partial charge is 0.122 e. The Hall–Kier alpha value is -1.36. The third kappa shape index (κ3) is 4.96. The molecule has 0 aliphatic heterocycles. The Balaban J connectivity index is 1.61. The molecule has 0 radical (unpaired) electrons. The Labute approximate surface area is 124 Å². The summed E-state index contributed by atoms with van der Waals surface area (Å²) in [6.07, 6.45) is 0.515. The van der Waals surface area contributed by atoms with Crippen molar-refractivity contribution in [1.82, 2.24) is 5.32 Å². The maximum Gasteiger partial charge on any atom is 0.122 e. The lowest BCUT2D eigenvalue weighted by molar-refractivity contribution is 0.106. The average molecular weight is 291 g/mol. The summed E-state index contributed by atoms with van der Waals surface area (Å²) < 4.78 is 5.61. The van der Waals surface area contributed by atoms with Gasteiger partial charge in [0.15, 0.2) is 0 Å². The maximum atomic E-state index is 9.87. The van der Waals surface area contributed by atoms with E-state index in [1.54, 1.807) is 11.3 Å². The third-order valence-corrected chi connectivity index (χ3v) is 3.97. The van der Waals surface area contributed by atoms with E-state index < -0.39 is 6.10 Å². The molecule has 2 rings (SSSR count). The monoisotopic (exact) mass is 291 g/mol. The van der Waals surface area contributed by atoms with Gasteiger partial charge >= 0.3 is 0 Å². The van der Waals surface area contributed by atoms with E-state index in [0.29, 0.717) is 13.2 Å². The number of ether oxygens (including phenoxy) is 1. The standard InChI is InChI=1S/C16H21NO2S/c1-13-5-2-3-7-16(13)19-12-14(18)11-17-9-8-15-6-4-10-20-15/h2-7,10,14,17-18H,8-9,11-12H2,1H3. The normalized spacial score (nSPS) is 12.3. The molecular weight excluding hydrogens is 270 g/mol. The van der Waals surface area contributed by atoms with Gasteiger partial charge in [-0.1, -0.05) is 24.3 Å². The Morgan fingerprint density at radius 2 is 2.10 bits per heavy atom. The van der Waals surface area contributed by atoms with E-state index >= 15 is 0 Å². The molecule has 0 aliphatic carbocycles. The van der Waals surface area contributed by atoms with Crippen molar-refractivity contribution in [2.45, 2.75) is 19.4 Å². The number of rotatable bonds is 8. The van der Waals surface area contributed by atoms with Crippen LogP contribution in [0.25, 0.3) is 0 Å². The highest BCUT2D eigenvalue weighted by Crippen LogP contribution is 2.16. The van der Waals surface area contributed by atoms with Gasteiger partial charge in [-0.05, 0) is 36.4 Å². The van der Waals surface area contributed by atoms with Crippen LogP contribution >= 0.6 is 11.3 Å². The summed E-state index contributed by atoms with van der Waals surface area (Å²) in [5.41, 5.74) is 1.09. The van der Waals surface area contributed by atoms with Crippen LogP contribution in [-0.2, 0) is 6.42 Å². The molecule has 2 N–H and O–H groups in total. The van der Waals surface area contributed by atoms with E-state index in [-0.39, 0.29) is 0 Å². The van der Waals surface area contributed by atoms with Gasteiger partial charge < -0.3 is 15.2 Å². The molecule has 0 saturated heterocycles. The van der Waals surface area contributed by atoms with Gasteiger partial charge in [0.05, 0.1) is 0 Å². The summed E-state index contributed by atoms with van der Waals surface area (Å²) in [7, 11) is 0. The molecule has 0 fully saturated rings. The van der Waals surface area contributed by atoms with Gasteiger partial charge in [-0.15, -0.1) is 11.3 Å². The number of thiophene rings is 1. The first-order chi connectivity index (χ1) is 9.75. The van der Waals surface area contributed by atoms with Crippen LogP contribution in [-0.4, -0.2) is 30.9 Å². The summed E-state index contributed by atoms with van der Waals surface area (Å²) in [6.45, 7) is 3.75. The zero-order chi connectivity index (χ0) is 14.2. The molecule has 108 valence electrons. The first-order valence-corrected chi connectivity index (χ1v) is 7.73. The minimum absolute atomic E-state index is 0.316. The molecule has 4 heteroatoms. The molecule has 0 spiro atoms. The van der Waals surface area contributed by atoms with Gasteiger partial charge in [0, 0.05) is 18.0 Å². The fourth-order valence-corrected chi connectivity index (χ4v) is 2.61. The van der Waals surface area contributed by atoms with E-state index in [1.807, 2.05) is 31.2 Å². The van der Waals surface area contributed by atoms with Crippen molar-refractivity contribution >= 4 is 11.3 Å². The Kier molecular flexibility index (Phi) is 6.05. The zero-order valence-corrected chi connectivity index (χ0v) is 12.5. The van der Waals surface area contributed by atoms with Crippen molar-refractivity contribution in [3.8, 4) is 5.75 Å². The van der Waals surface area contributed by atoms with Crippen molar-refractivity contribution in [3.05, 3.63) is 52.2 Å². The van der Waals surface area contributed by atoms with Crippen molar-refractivity contribution in [2.24, 2.45) is 0 Å². The fraction of sp³-hybridized carbons (Fsp3) is 0.375. The molecule has 1 atom stereocenters. The van der Waals surface area contributed by atoms with Crippen LogP contribution in [0.5, 0.6) is 5.75 Å². The van der Waals surface area contributed by atoms with E-state index in [0.717, 1.165) is 24.3 Å². The van der Waals surface area contributed by atoms with E-state index in [4.69, 9.17) is 4.74 Å². The van der Waals surface area contributed by atoms with E-state index in [9.17, 15) is 5.11 Å². The van der Waals surface area contributed by atoms with E-state index in [1.165, 1.54) is 4.88 Å². The number of hydrogen-bond donors (Lipinski definition) is 2. The van der Waals surface area contributed by atoms with Gasteiger partial charge in [-0.3, -0.25) is 0 Å². The molecule has 0 aliphatic rings. The molecule has 1 aromatic carbocycles. The van der Waals surface area contributed by atoms with Crippen LogP contribution in [0, 0.1) is 6.92 Å². The number of nitrogens with one attached hydrogen (secondary N) is 1. The summed E-state index contributed by atoms with van der Waals surface area (Å²) in [5.74, 6) is 0.838. The van der Waals surface area contributed by atoms with Crippen molar-refractivity contribution < 1.29 is 9.84 Å². The Morgan fingerprint density at radius 3 is 2.85 bits per heavy atom. The van der Waals surface area contributed by atoms with Crippen LogP contribution in [0.2, 0.25) is 0 Å². The van der Waals surface area contributed by atoms with Gasteiger partial charge in [-0.2, -0.15) is 0 Å². The van der Waals surface area contributed by atoms with Crippen molar-refractivity contribution in [1.29, 1.82) is 0 Å². The van der Waals surface area contributed by atoms with Crippen LogP contribution in [0.3, 0.4) is 0 Å². The minimum Gasteiger partial charge on any atom is -0.491 e. The second-order valence-electron chi connectivity index (χ2n) is 4.76. The highest BCUT2D eigenvalue weighted by atomic mass is 32.1. The SMILES string of the molecule is Cc1ccccc1OCC(O)CNCCc1cccs1. The highest BCUT2D eigenvalue weighted by Gasteiger charge is 2.06. The van der Waals surface area contributed by atoms with Crippen LogP contribution < -0.4 is 10.1 Å². The Bertz CT molecular complexity index is 499. The topological polar surface area (TPSA) is 41.5 Å². The van der Waals surface area contributed by atoms with E-state index in [2.05, 4.69) is 22.8 Å². The second kappa shape index (κ2) is 8.04. The molecule has 20 heavy (non-hydrogen) atoms. The van der Waals surface area contributed by atoms with Crippen LogP contribution in [0.1, 0.15) is 10.4 Å². The molecule has 0 bridgehead atoms. The van der Waals surface area contributed by atoms with Crippen LogP contribution in [0.15, 0.2) is 41.8 Å². The van der Waals surface area contributed by atoms with Gasteiger partial charge in [0.2, 0.25) is 0 Å². The molecule has 1 heterocycles. The first kappa shape index (κ1) is 15.0. The summed E-state index contributed by atoms with van der Waals surface area (Å²) >= 11 is 1.76. The number of para-hydroxylation sites is 1. The number of aryl methyl sites for hydroxylation is 1. The highest BCUT2D eigenvalue weighted by molar-refractivity contribution is 7.09. The van der Waals surface area contributed by atoms with Gasteiger partial charge in [0.25, 0.3) is 0 Å². The van der Waals surface area contributed by atoms with Crippen LogP contribution in [0.4, 0.5) is 0 Å². The number of aliphatic hydroxyl groups excluding tert-OH is 1. The lowest BCUT2D eigenvalue weighted by Gasteiger charge is -2.14. The number of hydrogen-bond acceptors (Lipinski definition) is 4. The van der Waals surface area contributed by atoms with Crippen molar-refractivity contribution in [3.63, 3.8) is 0 Å². The molecule has 1 unspecified atom stereocenters. The number of aliphatic hydroxyl groups is 1. The summed E-state index contributed by atoms with van der Waals surface area (Å²) in [5, 5.41) is 15.2. The predicted octanol–water partition coefficient (Wildman–Crippen LogP) is 2.63. The fourth-order valence-electron chi connectivity index (χ4n) is 1.90. The average Bonchev–Trinajstić information content (AvgIpc) is 2.96. The minimum atomic E-state index is -0.488. The lowest BCUT2D eigenvalue weighted by Crippen LogP contribution is -2.32. The predicted molar refractivity (Wildman–Crippen MR) is 83.6 cm³/mol. The molecule has 0 saturated carbocycles. The second-order valence-corrected chi connectivity index (χ2v) is 5.80. The zero-order valence-electron chi connectivity index (χ0n) is 11.7. The molecular formula is C16H21NO2S. The lowest BCUT2D eigenvalue weighted by atomic mass is 10.2. The Morgan fingerprint density at radius 1 is 1.25 bits per heavy atom. The first-order valence-electron chi connectivity index (χ1n) is 6.85. The maximum absolute atomic E-state index is 9.87. The van der Waals surface area contributed by atoms with Gasteiger partial charge in [0.1, 0.15) is 18.5 Å². The summed E-state index contributed by atoms with van der Waals surface area (Å²) in [6, 6.07) is 12.0.